The first-order chi connectivity index (χ1) is 8.06. The molecule has 1 N–H and O–H groups in total. The zero-order valence-electron chi connectivity index (χ0n) is 9.99. The molecule has 17 heavy (non-hydrogen) atoms. The topological polar surface area (TPSA) is 51.0 Å². The van der Waals surface area contributed by atoms with Gasteiger partial charge in [0.1, 0.15) is 28.3 Å². The van der Waals surface area contributed by atoms with Gasteiger partial charge in [-0.2, -0.15) is 0 Å². The number of hydrogen-bond donors (Lipinski definition) is 1. The highest BCUT2D eigenvalue weighted by atomic mass is 79.9. The molecule has 1 unspecified atom stereocenters. The molecule has 0 amide bonds. The number of hydrogen-bond acceptors (Lipinski definition) is 4. The molecule has 0 bridgehead atoms. The summed E-state index contributed by atoms with van der Waals surface area (Å²) in [5.41, 5.74) is 1.15. The van der Waals surface area contributed by atoms with Gasteiger partial charge in [0.15, 0.2) is 0 Å². The molecule has 0 aliphatic rings. The molecule has 0 aliphatic carbocycles. The molecule has 2 aromatic rings. The highest BCUT2D eigenvalue weighted by molar-refractivity contribution is 9.10. The summed E-state index contributed by atoms with van der Waals surface area (Å²) in [5.74, 6) is 2.66. The Morgan fingerprint density at radius 2 is 2.06 bits per heavy atom. The van der Waals surface area contributed by atoms with Crippen molar-refractivity contribution in [3.63, 3.8) is 0 Å². The van der Waals surface area contributed by atoms with E-state index in [9.17, 15) is 0 Å². The molecule has 0 aliphatic heterocycles. The maximum atomic E-state index is 5.52. The van der Waals surface area contributed by atoms with Crippen molar-refractivity contribution in [3.8, 4) is 0 Å². The highest BCUT2D eigenvalue weighted by Crippen LogP contribution is 2.24. The van der Waals surface area contributed by atoms with E-state index >= 15 is 0 Å². The van der Waals surface area contributed by atoms with Crippen LogP contribution in [0.15, 0.2) is 27.5 Å². The van der Waals surface area contributed by atoms with Gasteiger partial charge in [-0.05, 0) is 42.8 Å². The predicted molar refractivity (Wildman–Crippen MR) is 70.0 cm³/mol. The molecular weight excluding hydrogens is 282 g/mol. The Morgan fingerprint density at radius 3 is 2.65 bits per heavy atom. The van der Waals surface area contributed by atoms with Gasteiger partial charge >= 0.3 is 0 Å². The molecular formula is C12H14BrN3O. The minimum atomic E-state index is 0.147. The van der Waals surface area contributed by atoms with Crippen LogP contribution in [-0.4, -0.2) is 9.97 Å². The van der Waals surface area contributed by atoms with Crippen molar-refractivity contribution < 1.29 is 4.42 Å². The van der Waals surface area contributed by atoms with E-state index in [4.69, 9.17) is 4.42 Å². The molecule has 1 atom stereocenters. The maximum Gasteiger partial charge on any atom is 0.130 e. The maximum absolute atomic E-state index is 5.52. The standard InChI is InChI=1S/C12H14BrN3O/c1-7-4-10(9(3)17-7)8(2)16-12-5-11(13)14-6-15-12/h4-6,8H,1-3H3,(H,14,15,16). The highest BCUT2D eigenvalue weighted by Gasteiger charge is 2.12. The fraction of sp³-hybridized carbons (Fsp3) is 0.333. The summed E-state index contributed by atoms with van der Waals surface area (Å²) in [6.07, 6.45) is 1.52. The number of nitrogens with one attached hydrogen (secondary N) is 1. The van der Waals surface area contributed by atoms with Gasteiger partial charge in [0.05, 0.1) is 6.04 Å². The van der Waals surface area contributed by atoms with Crippen molar-refractivity contribution in [2.45, 2.75) is 26.8 Å². The molecule has 4 nitrogen and oxygen atoms in total. The number of aryl methyl sites for hydroxylation is 2. The van der Waals surface area contributed by atoms with Crippen LogP contribution >= 0.6 is 15.9 Å². The second-order valence-corrected chi connectivity index (χ2v) is 4.77. The lowest BCUT2D eigenvalue weighted by Gasteiger charge is -2.13. The van der Waals surface area contributed by atoms with Crippen molar-refractivity contribution in [1.29, 1.82) is 0 Å². The third kappa shape index (κ3) is 2.85. The first kappa shape index (κ1) is 12.1. The van der Waals surface area contributed by atoms with E-state index in [0.717, 1.165) is 27.5 Å². The van der Waals surface area contributed by atoms with Crippen LogP contribution in [0.3, 0.4) is 0 Å². The van der Waals surface area contributed by atoms with Gasteiger partial charge < -0.3 is 9.73 Å². The van der Waals surface area contributed by atoms with Crippen molar-refractivity contribution >= 4 is 21.7 Å². The average molecular weight is 296 g/mol. The fourth-order valence-corrected chi connectivity index (χ4v) is 2.10. The van der Waals surface area contributed by atoms with Gasteiger partial charge in [0, 0.05) is 11.6 Å². The van der Waals surface area contributed by atoms with E-state index in [1.165, 1.54) is 6.33 Å². The molecule has 2 heterocycles. The van der Waals surface area contributed by atoms with E-state index in [2.05, 4.69) is 38.1 Å². The van der Waals surface area contributed by atoms with Gasteiger partial charge in [-0.15, -0.1) is 0 Å². The Hall–Kier alpha value is -1.36. The van der Waals surface area contributed by atoms with Crippen LogP contribution in [0.1, 0.15) is 30.0 Å². The fourth-order valence-electron chi connectivity index (χ4n) is 1.79. The Balaban J connectivity index is 2.16. The van der Waals surface area contributed by atoms with Crippen molar-refractivity contribution in [2.75, 3.05) is 5.32 Å². The summed E-state index contributed by atoms with van der Waals surface area (Å²) < 4.78 is 6.28. The van der Waals surface area contributed by atoms with Crippen molar-refractivity contribution in [3.05, 3.63) is 40.1 Å². The summed E-state index contributed by atoms with van der Waals surface area (Å²) in [7, 11) is 0. The molecule has 90 valence electrons. The minimum Gasteiger partial charge on any atom is -0.466 e. The normalized spacial score (nSPS) is 12.5. The van der Waals surface area contributed by atoms with Crippen LogP contribution in [0.2, 0.25) is 0 Å². The number of aromatic nitrogens is 2. The van der Waals surface area contributed by atoms with Crippen LogP contribution < -0.4 is 5.32 Å². The Labute approximate surface area is 109 Å². The lowest BCUT2D eigenvalue weighted by molar-refractivity contribution is 0.500. The number of nitrogens with zero attached hydrogens (tertiary/aromatic N) is 2. The Morgan fingerprint density at radius 1 is 1.29 bits per heavy atom. The number of rotatable bonds is 3. The smallest absolute Gasteiger partial charge is 0.130 e. The summed E-state index contributed by atoms with van der Waals surface area (Å²) in [6.45, 7) is 5.99. The first-order valence-electron chi connectivity index (χ1n) is 5.37. The summed E-state index contributed by atoms with van der Waals surface area (Å²) in [6, 6.07) is 4.04. The van der Waals surface area contributed by atoms with Crippen molar-refractivity contribution in [1.82, 2.24) is 9.97 Å². The summed E-state index contributed by atoms with van der Waals surface area (Å²) in [4.78, 5) is 8.15. The molecule has 0 fully saturated rings. The van der Waals surface area contributed by atoms with E-state index in [0.29, 0.717) is 0 Å². The second kappa shape index (κ2) is 4.87. The van der Waals surface area contributed by atoms with Crippen LogP contribution in [0, 0.1) is 13.8 Å². The number of furan rings is 1. The lowest BCUT2D eigenvalue weighted by atomic mass is 10.1. The molecule has 0 radical (unpaired) electrons. The molecule has 2 aromatic heterocycles. The second-order valence-electron chi connectivity index (χ2n) is 3.96. The first-order valence-corrected chi connectivity index (χ1v) is 6.16. The third-order valence-corrected chi connectivity index (χ3v) is 2.98. The summed E-state index contributed by atoms with van der Waals surface area (Å²) in [5, 5.41) is 3.31. The van der Waals surface area contributed by atoms with Crippen LogP contribution in [0.5, 0.6) is 0 Å². The van der Waals surface area contributed by atoms with E-state index in [1.54, 1.807) is 0 Å². The molecule has 0 saturated heterocycles. The van der Waals surface area contributed by atoms with Gasteiger partial charge in [-0.25, -0.2) is 9.97 Å². The third-order valence-electron chi connectivity index (χ3n) is 2.54. The van der Waals surface area contributed by atoms with Gasteiger partial charge in [0.2, 0.25) is 0 Å². The molecule has 0 spiro atoms. The van der Waals surface area contributed by atoms with Crippen LogP contribution in [-0.2, 0) is 0 Å². The summed E-state index contributed by atoms with van der Waals surface area (Å²) >= 11 is 3.32. The average Bonchev–Trinajstić information content (AvgIpc) is 2.58. The predicted octanol–water partition coefficient (Wildman–Crippen LogP) is 3.62. The molecule has 0 aromatic carbocycles. The van der Waals surface area contributed by atoms with E-state index in [1.807, 2.05) is 26.0 Å². The minimum absolute atomic E-state index is 0.147. The SMILES string of the molecule is Cc1cc(C(C)Nc2cc(Br)ncn2)c(C)o1. The van der Waals surface area contributed by atoms with Crippen LogP contribution in [0.4, 0.5) is 5.82 Å². The van der Waals surface area contributed by atoms with Gasteiger partial charge in [-0.3, -0.25) is 0 Å². The molecule has 0 saturated carbocycles. The lowest BCUT2D eigenvalue weighted by Crippen LogP contribution is -2.08. The zero-order valence-corrected chi connectivity index (χ0v) is 11.6. The Bertz CT molecular complexity index is 524. The molecule has 5 heteroatoms. The number of halogens is 1. The van der Waals surface area contributed by atoms with E-state index in [-0.39, 0.29) is 6.04 Å². The largest absolute Gasteiger partial charge is 0.466 e. The monoisotopic (exact) mass is 295 g/mol. The van der Waals surface area contributed by atoms with E-state index < -0.39 is 0 Å². The quantitative estimate of drug-likeness (QED) is 0.879. The number of anilines is 1. The van der Waals surface area contributed by atoms with Gasteiger partial charge in [0.25, 0.3) is 0 Å². The zero-order chi connectivity index (χ0) is 12.4. The van der Waals surface area contributed by atoms with Crippen LogP contribution in [0.25, 0.3) is 0 Å². The Kier molecular flexibility index (Phi) is 3.47. The van der Waals surface area contributed by atoms with Gasteiger partial charge in [-0.1, -0.05) is 0 Å². The molecule has 2 rings (SSSR count). The van der Waals surface area contributed by atoms with Crippen molar-refractivity contribution in [2.24, 2.45) is 0 Å².